The summed E-state index contributed by atoms with van der Waals surface area (Å²) >= 11 is 0. The lowest BCUT2D eigenvalue weighted by molar-refractivity contribution is 0.448. The molecule has 5 heteroatoms. The van der Waals surface area contributed by atoms with Crippen molar-refractivity contribution >= 4 is 5.95 Å². The number of nitrogens with zero attached hydrogens (tertiary/aromatic N) is 5. The fourth-order valence-corrected chi connectivity index (χ4v) is 2.90. The van der Waals surface area contributed by atoms with Crippen molar-refractivity contribution < 1.29 is 0 Å². The van der Waals surface area contributed by atoms with Gasteiger partial charge in [0.15, 0.2) is 5.82 Å². The van der Waals surface area contributed by atoms with Crippen molar-refractivity contribution in [3.05, 3.63) is 41.2 Å². The second-order valence-electron chi connectivity index (χ2n) is 5.71. The highest BCUT2D eigenvalue weighted by Crippen LogP contribution is 2.31. The molecule has 0 spiro atoms. The SMILES string of the molecule is Cc1ccnc([C@H]2CCCCN2c2nc(C)cc(C)n2)n1. The molecule has 0 amide bonds. The van der Waals surface area contributed by atoms with Gasteiger partial charge in [0.2, 0.25) is 5.95 Å². The molecule has 0 radical (unpaired) electrons. The van der Waals surface area contributed by atoms with Gasteiger partial charge in [-0.25, -0.2) is 19.9 Å². The molecule has 3 heterocycles. The van der Waals surface area contributed by atoms with E-state index in [2.05, 4.69) is 24.8 Å². The molecule has 5 nitrogen and oxygen atoms in total. The van der Waals surface area contributed by atoms with E-state index in [-0.39, 0.29) is 6.04 Å². The second-order valence-corrected chi connectivity index (χ2v) is 5.71. The molecule has 110 valence electrons. The van der Waals surface area contributed by atoms with E-state index in [1.807, 2.05) is 39.1 Å². The molecule has 1 aliphatic heterocycles. The van der Waals surface area contributed by atoms with Crippen LogP contribution in [0.3, 0.4) is 0 Å². The van der Waals surface area contributed by atoms with Gasteiger partial charge < -0.3 is 4.90 Å². The Balaban J connectivity index is 1.98. The minimum absolute atomic E-state index is 0.180. The number of aromatic nitrogens is 4. The quantitative estimate of drug-likeness (QED) is 0.848. The average Bonchev–Trinajstić information content (AvgIpc) is 2.46. The largest absolute Gasteiger partial charge is 0.331 e. The minimum atomic E-state index is 0.180. The highest BCUT2D eigenvalue weighted by molar-refractivity contribution is 5.36. The fourth-order valence-electron chi connectivity index (χ4n) is 2.90. The van der Waals surface area contributed by atoms with Crippen LogP contribution in [-0.4, -0.2) is 26.5 Å². The molecule has 0 aliphatic carbocycles. The summed E-state index contributed by atoms with van der Waals surface area (Å²) < 4.78 is 0. The number of aryl methyl sites for hydroxylation is 3. The first-order valence-electron chi connectivity index (χ1n) is 7.52. The van der Waals surface area contributed by atoms with Gasteiger partial charge in [-0.15, -0.1) is 0 Å². The normalized spacial score (nSPS) is 18.8. The number of hydrogen-bond donors (Lipinski definition) is 0. The third kappa shape index (κ3) is 3.01. The summed E-state index contributed by atoms with van der Waals surface area (Å²) in [5.74, 6) is 1.69. The first-order chi connectivity index (χ1) is 10.1. The molecular formula is C16H21N5. The average molecular weight is 283 g/mol. The van der Waals surface area contributed by atoms with Gasteiger partial charge in [0, 0.05) is 29.8 Å². The third-order valence-electron chi connectivity index (χ3n) is 3.84. The van der Waals surface area contributed by atoms with Crippen LogP contribution in [0.15, 0.2) is 18.3 Å². The molecule has 0 aromatic carbocycles. The number of piperidine rings is 1. The van der Waals surface area contributed by atoms with Gasteiger partial charge in [0.05, 0.1) is 6.04 Å². The molecular weight excluding hydrogens is 262 g/mol. The molecule has 2 aromatic heterocycles. The standard InChI is InChI=1S/C16H21N5/c1-11-7-8-17-15(18-11)14-6-4-5-9-21(14)16-19-12(2)10-13(3)20-16/h7-8,10,14H,4-6,9H2,1-3H3/t14-/m1/s1. The van der Waals surface area contributed by atoms with Crippen LogP contribution in [0.5, 0.6) is 0 Å². The maximum atomic E-state index is 4.62. The van der Waals surface area contributed by atoms with E-state index in [4.69, 9.17) is 0 Å². The zero-order valence-corrected chi connectivity index (χ0v) is 12.9. The van der Waals surface area contributed by atoms with E-state index in [1.165, 1.54) is 12.8 Å². The topological polar surface area (TPSA) is 54.8 Å². The van der Waals surface area contributed by atoms with Crippen molar-refractivity contribution in [2.24, 2.45) is 0 Å². The first-order valence-corrected chi connectivity index (χ1v) is 7.52. The summed E-state index contributed by atoms with van der Waals surface area (Å²) in [6.45, 7) is 7.00. The molecule has 0 N–H and O–H groups in total. The van der Waals surface area contributed by atoms with E-state index in [0.29, 0.717) is 0 Å². The van der Waals surface area contributed by atoms with Crippen LogP contribution in [0.25, 0.3) is 0 Å². The molecule has 1 aliphatic rings. The van der Waals surface area contributed by atoms with Crippen LogP contribution in [0, 0.1) is 20.8 Å². The van der Waals surface area contributed by atoms with Crippen molar-refractivity contribution in [3.63, 3.8) is 0 Å². The molecule has 1 atom stereocenters. The Morgan fingerprint density at radius 2 is 1.76 bits per heavy atom. The van der Waals surface area contributed by atoms with Crippen LogP contribution in [0.4, 0.5) is 5.95 Å². The monoisotopic (exact) mass is 283 g/mol. The maximum Gasteiger partial charge on any atom is 0.226 e. The highest BCUT2D eigenvalue weighted by Gasteiger charge is 2.28. The zero-order chi connectivity index (χ0) is 14.8. The van der Waals surface area contributed by atoms with Crippen LogP contribution in [0.1, 0.15) is 48.2 Å². The molecule has 3 rings (SSSR count). The fraction of sp³-hybridized carbons (Fsp3) is 0.500. The van der Waals surface area contributed by atoms with Gasteiger partial charge in [-0.2, -0.15) is 0 Å². The Morgan fingerprint density at radius 3 is 2.48 bits per heavy atom. The Kier molecular flexibility index (Phi) is 3.82. The van der Waals surface area contributed by atoms with E-state index >= 15 is 0 Å². The van der Waals surface area contributed by atoms with Crippen LogP contribution < -0.4 is 4.90 Å². The molecule has 0 saturated carbocycles. The summed E-state index contributed by atoms with van der Waals surface area (Å²) in [6, 6.07) is 4.12. The van der Waals surface area contributed by atoms with E-state index < -0.39 is 0 Å². The highest BCUT2D eigenvalue weighted by atomic mass is 15.3. The lowest BCUT2D eigenvalue weighted by atomic mass is 10.0. The van der Waals surface area contributed by atoms with Crippen molar-refractivity contribution in [3.8, 4) is 0 Å². The maximum absolute atomic E-state index is 4.62. The van der Waals surface area contributed by atoms with Gasteiger partial charge in [-0.3, -0.25) is 0 Å². The van der Waals surface area contributed by atoms with Gasteiger partial charge in [-0.1, -0.05) is 0 Å². The van der Waals surface area contributed by atoms with E-state index in [9.17, 15) is 0 Å². The van der Waals surface area contributed by atoms with Crippen LogP contribution in [-0.2, 0) is 0 Å². The van der Waals surface area contributed by atoms with Crippen molar-refractivity contribution in [2.45, 2.75) is 46.1 Å². The number of rotatable bonds is 2. The lowest BCUT2D eigenvalue weighted by Gasteiger charge is -2.35. The third-order valence-corrected chi connectivity index (χ3v) is 3.84. The van der Waals surface area contributed by atoms with Gasteiger partial charge in [-0.05, 0) is 52.2 Å². The predicted molar refractivity (Wildman–Crippen MR) is 82.2 cm³/mol. The van der Waals surface area contributed by atoms with Crippen LogP contribution in [0.2, 0.25) is 0 Å². The Morgan fingerprint density at radius 1 is 1.00 bits per heavy atom. The lowest BCUT2D eigenvalue weighted by Crippen LogP contribution is -2.36. The smallest absolute Gasteiger partial charge is 0.226 e. The predicted octanol–water partition coefficient (Wildman–Crippen LogP) is 2.92. The van der Waals surface area contributed by atoms with E-state index in [0.717, 1.165) is 41.8 Å². The summed E-state index contributed by atoms with van der Waals surface area (Å²) in [5, 5.41) is 0. The number of hydrogen-bond acceptors (Lipinski definition) is 5. The van der Waals surface area contributed by atoms with Crippen LogP contribution >= 0.6 is 0 Å². The van der Waals surface area contributed by atoms with Crippen molar-refractivity contribution in [1.29, 1.82) is 0 Å². The summed E-state index contributed by atoms with van der Waals surface area (Å²) in [6.07, 6.45) is 5.26. The molecule has 0 unspecified atom stereocenters. The van der Waals surface area contributed by atoms with Gasteiger partial charge >= 0.3 is 0 Å². The second kappa shape index (κ2) is 5.76. The van der Waals surface area contributed by atoms with E-state index in [1.54, 1.807) is 0 Å². The minimum Gasteiger partial charge on any atom is -0.331 e. The molecule has 1 fully saturated rings. The molecule has 0 bridgehead atoms. The number of anilines is 1. The summed E-state index contributed by atoms with van der Waals surface area (Å²) in [4.78, 5) is 20.6. The first kappa shape index (κ1) is 13.9. The van der Waals surface area contributed by atoms with Gasteiger partial charge in [0.1, 0.15) is 0 Å². The van der Waals surface area contributed by atoms with Crippen molar-refractivity contribution in [2.75, 3.05) is 11.4 Å². The molecule has 21 heavy (non-hydrogen) atoms. The zero-order valence-electron chi connectivity index (χ0n) is 12.9. The Hall–Kier alpha value is -2.04. The molecule has 1 saturated heterocycles. The van der Waals surface area contributed by atoms with Gasteiger partial charge in [0.25, 0.3) is 0 Å². The Bertz CT molecular complexity index is 620. The summed E-state index contributed by atoms with van der Waals surface area (Å²) in [5.41, 5.74) is 3.02. The summed E-state index contributed by atoms with van der Waals surface area (Å²) in [7, 11) is 0. The molecule has 2 aromatic rings. The van der Waals surface area contributed by atoms with Crippen molar-refractivity contribution in [1.82, 2.24) is 19.9 Å². The Labute approximate surface area is 125 Å².